The van der Waals surface area contributed by atoms with E-state index in [9.17, 15) is 0 Å². The van der Waals surface area contributed by atoms with E-state index in [1.54, 1.807) is 0 Å². The maximum Gasteiger partial charge on any atom is 0.227 e. The Morgan fingerprint density at radius 1 is 0.321 bits per heavy atom. The van der Waals surface area contributed by atoms with Gasteiger partial charge < -0.3 is 18.0 Å². The Labute approximate surface area is 320 Å². The van der Waals surface area contributed by atoms with Gasteiger partial charge in [-0.15, -0.1) is 0 Å². The van der Waals surface area contributed by atoms with Crippen molar-refractivity contribution >= 4 is 65.8 Å². The molecule has 4 aromatic heterocycles. The third kappa shape index (κ3) is 4.69. The summed E-state index contributed by atoms with van der Waals surface area (Å²) in [6.45, 7) is 0. The summed E-state index contributed by atoms with van der Waals surface area (Å²) in [5.74, 6) is 1.19. The largest absolute Gasteiger partial charge is 0.436 e. The van der Waals surface area contributed by atoms with E-state index >= 15 is 0 Å². The molecule has 12 aromatic rings. The number of nitrogens with zero attached hydrogens (tertiary/aromatic N) is 4. The van der Waals surface area contributed by atoms with E-state index in [2.05, 4.69) is 143 Å². The molecule has 0 N–H and O–H groups in total. The van der Waals surface area contributed by atoms with Gasteiger partial charge in [0, 0.05) is 44.0 Å². The number of aromatic nitrogens is 4. The van der Waals surface area contributed by atoms with Gasteiger partial charge in [-0.3, -0.25) is 0 Å². The number of rotatable bonds is 5. The van der Waals surface area contributed by atoms with Crippen LogP contribution in [-0.4, -0.2) is 19.1 Å². The number of fused-ring (bicyclic) bond motifs is 8. The van der Waals surface area contributed by atoms with Crippen LogP contribution in [0.1, 0.15) is 0 Å². The molecule has 0 amide bonds. The highest BCUT2D eigenvalue weighted by atomic mass is 16.4. The Morgan fingerprint density at radius 3 is 1.43 bits per heavy atom. The highest BCUT2D eigenvalue weighted by molar-refractivity contribution is 6.12. The molecule has 8 aromatic carbocycles. The molecule has 0 unspecified atom stereocenters. The number of oxazole rings is 2. The Balaban J connectivity index is 1.04. The van der Waals surface area contributed by atoms with Crippen molar-refractivity contribution in [2.45, 2.75) is 0 Å². The molecule has 4 heterocycles. The van der Waals surface area contributed by atoms with Crippen molar-refractivity contribution in [2.75, 3.05) is 0 Å². The summed E-state index contributed by atoms with van der Waals surface area (Å²) in [4.78, 5) is 9.66. The van der Waals surface area contributed by atoms with Gasteiger partial charge in [0.25, 0.3) is 0 Å². The normalized spacial score (nSPS) is 11.9. The zero-order valence-electron chi connectivity index (χ0n) is 29.9. The molecule has 6 heteroatoms. The molecular weight excluding hydrogens is 689 g/mol. The first-order valence-corrected chi connectivity index (χ1v) is 18.7. The molecule has 0 saturated heterocycles. The fraction of sp³-hybridized carbons (Fsp3) is 0. The van der Waals surface area contributed by atoms with Gasteiger partial charge >= 0.3 is 0 Å². The number of hydrogen-bond acceptors (Lipinski definition) is 4. The molecule has 262 valence electrons. The van der Waals surface area contributed by atoms with E-state index in [0.717, 1.165) is 77.6 Å². The Morgan fingerprint density at radius 2 is 0.786 bits per heavy atom. The molecule has 6 nitrogen and oxygen atoms in total. The van der Waals surface area contributed by atoms with Crippen LogP contribution in [0.2, 0.25) is 0 Å². The van der Waals surface area contributed by atoms with Crippen molar-refractivity contribution in [3.8, 4) is 45.4 Å². The van der Waals surface area contributed by atoms with Gasteiger partial charge in [-0.2, -0.15) is 0 Å². The minimum Gasteiger partial charge on any atom is -0.436 e. The fourth-order valence-electron chi connectivity index (χ4n) is 8.39. The molecule has 0 bridgehead atoms. The molecule has 0 aliphatic heterocycles. The van der Waals surface area contributed by atoms with Crippen LogP contribution in [0.4, 0.5) is 0 Å². The molecule has 0 saturated carbocycles. The summed E-state index contributed by atoms with van der Waals surface area (Å²) in [7, 11) is 0. The summed E-state index contributed by atoms with van der Waals surface area (Å²) in [5.41, 5.74) is 14.1. The second kappa shape index (κ2) is 11.9. The summed E-state index contributed by atoms with van der Waals surface area (Å²) in [5, 5.41) is 4.62. The first kappa shape index (κ1) is 30.7. The van der Waals surface area contributed by atoms with E-state index < -0.39 is 0 Å². The number of hydrogen-bond donors (Lipinski definition) is 0. The zero-order valence-corrected chi connectivity index (χ0v) is 29.9. The summed E-state index contributed by atoms with van der Waals surface area (Å²) in [6.07, 6.45) is 0. The van der Waals surface area contributed by atoms with Crippen LogP contribution < -0.4 is 0 Å². The van der Waals surface area contributed by atoms with E-state index in [1.165, 1.54) is 21.8 Å². The van der Waals surface area contributed by atoms with E-state index in [0.29, 0.717) is 11.8 Å². The van der Waals surface area contributed by atoms with Crippen LogP contribution in [-0.2, 0) is 0 Å². The molecule has 0 spiro atoms. The fourth-order valence-corrected chi connectivity index (χ4v) is 8.39. The van der Waals surface area contributed by atoms with Crippen LogP contribution in [0.5, 0.6) is 0 Å². The van der Waals surface area contributed by atoms with Gasteiger partial charge in [0.2, 0.25) is 11.8 Å². The van der Waals surface area contributed by atoms with Gasteiger partial charge in [-0.1, -0.05) is 78.9 Å². The van der Waals surface area contributed by atoms with Crippen molar-refractivity contribution in [2.24, 2.45) is 0 Å². The lowest BCUT2D eigenvalue weighted by molar-refractivity contribution is 0.619. The van der Waals surface area contributed by atoms with Crippen LogP contribution in [0.25, 0.3) is 111 Å². The lowest BCUT2D eigenvalue weighted by Crippen LogP contribution is -1.95. The number of benzene rings is 8. The zero-order chi connectivity index (χ0) is 36.7. The van der Waals surface area contributed by atoms with Crippen molar-refractivity contribution in [3.63, 3.8) is 0 Å². The Kier molecular flexibility index (Phi) is 6.53. The minimum atomic E-state index is 0.593. The second-order valence-corrected chi connectivity index (χ2v) is 14.2. The molecule has 0 radical (unpaired) electrons. The first-order valence-electron chi connectivity index (χ1n) is 18.7. The van der Waals surface area contributed by atoms with Gasteiger partial charge in [0.05, 0.1) is 22.1 Å². The predicted molar refractivity (Wildman–Crippen MR) is 227 cm³/mol. The lowest BCUT2D eigenvalue weighted by Gasteiger charge is -2.11. The van der Waals surface area contributed by atoms with E-state index in [4.69, 9.17) is 18.8 Å². The molecule has 12 rings (SSSR count). The van der Waals surface area contributed by atoms with E-state index in [-0.39, 0.29) is 0 Å². The predicted octanol–water partition coefficient (Wildman–Crippen LogP) is 13.2. The molecule has 0 aliphatic rings. The SMILES string of the molecule is c1ccc(-n2c3ccccc3c3cc(-c4cccc(-n5c6ccc(-c7nc8ccccc8o7)cc6c6cc(-c7nc8ccccc8o7)ccc65)c4)ccc32)cc1. The summed E-state index contributed by atoms with van der Waals surface area (Å²) in [6, 6.07) is 63.6. The van der Waals surface area contributed by atoms with Crippen molar-refractivity contribution in [1.82, 2.24) is 19.1 Å². The highest BCUT2D eigenvalue weighted by Crippen LogP contribution is 2.40. The van der Waals surface area contributed by atoms with Crippen LogP contribution in [0.3, 0.4) is 0 Å². The summed E-state index contributed by atoms with van der Waals surface area (Å²) < 4.78 is 17.2. The average Bonchev–Trinajstić information content (AvgIpc) is 4.04. The topological polar surface area (TPSA) is 61.9 Å². The highest BCUT2D eigenvalue weighted by Gasteiger charge is 2.19. The third-order valence-electron chi connectivity index (χ3n) is 11.0. The van der Waals surface area contributed by atoms with Crippen molar-refractivity contribution in [1.29, 1.82) is 0 Å². The molecule has 56 heavy (non-hydrogen) atoms. The third-order valence-corrected chi connectivity index (χ3v) is 11.0. The van der Waals surface area contributed by atoms with Crippen molar-refractivity contribution < 1.29 is 8.83 Å². The maximum absolute atomic E-state index is 6.24. The Hall–Kier alpha value is -7.70. The van der Waals surface area contributed by atoms with Gasteiger partial charge in [-0.25, -0.2) is 9.97 Å². The molecular formula is C50H30N4O2. The van der Waals surface area contributed by atoms with Crippen LogP contribution >= 0.6 is 0 Å². The molecule has 0 fully saturated rings. The van der Waals surface area contributed by atoms with Crippen molar-refractivity contribution in [3.05, 3.63) is 182 Å². The Bertz CT molecular complexity index is 3300. The second-order valence-electron chi connectivity index (χ2n) is 14.2. The van der Waals surface area contributed by atoms with Crippen LogP contribution in [0, 0.1) is 0 Å². The monoisotopic (exact) mass is 718 g/mol. The number of para-hydroxylation sites is 6. The van der Waals surface area contributed by atoms with Gasteiger partial charge in [0.15, 0.2) is 11.2 Å². The maximum atomic E-state index is 6.24. The van der Waals surface area contributed by atoms with Gasteiger partial charge in [-0.05, 0) is 114 Å². The minimum absolute atomic E-state index is 0.593. The molecule has 0 atom stereocenters. The summed E-state index contributed by atoms with van der Waals surface area (Å²) >= 11 is 0. The van der Waals surface area contributed by atoms with E-state index in [1.807, 2.05) is 48.5 Å². The molecule has 0 aliphatic carbocycles. The lowest BCUT2D eigenvalue weighted by atomic mass is 10.0. The first-order chi connectivity index (χ1) is 27.7. The quantitative estimate of drug-likeness (QED) is 0.178. The van der Waals surface area contributed by atoms with Gasteiger partial charge in [0.1, 0.15) is 11.0 Å². The average molecular weight is 719 g/mol. The van der Waals surface area contributed by atoms with Crippen LogP contribution in [0.15, 0.2) is 191 Å². The standard InChI is InChI=1S/C50H30N4O2/c1-2-12-35(13-3-1)53-43-18-7-4-15-37(43)38-28-32(21-24-44(38)53)31-11-10-14-36(27-31)54-45-25-22-33(49-51-41-16-5-8-19-47(41)55-49)29-39(45)40-30-34(23-26-46(40)54)50-52-42-17-6-9-20-48(42)56-50/h1-30H. The smallest absolute Gasteiger partial charge is 0.227 e.